The second-order valence-electron chi connectivity index (χ2n) is 5.15. The summed E-state index contributed by atoms with van der Waals surface area (Å²) in [6.07, 6.45) is 3.28. The number of rotatable bonds is 3. The van der Waals surface area contributed by atoms with Crippen LogP contribution >= 0.6 is 11.6 Å². The van der Waals surface area contributed by atoms with Crippen molar-refractivity contribution in [2.24, 2.45) is 0 Å². The number of hydrogen-bond acceptors (Lipinski definition) is 3. The Labute approximate surface area is 129 Å². The lowest BCUT2D eigenvalue weighted by molar-refractivity contribution is -0.126. The maximum Gasteiger partial charge on any atom is 0.254 e. The molecule has 2 amide bonds. The number of nitrogens with zero attached hydrogens (tertiary/aromatic N) is 2. The van der Waals surface area contributed by atoms with Crippen molar-refractivity contribution < 1.29 is 9.59 Å². The fraction of sp³-hybridized carbons (Fsp3) is 0.533. The SMILES string of the molecule is CCc1cc(C(=O)N2CCCCC2C(=O)NC)cc(Cl)n1. The smallest absolute Gasteiger partial charge is 0.254 e. The third-order valence-corrected chi connectivity index (χ3v) is 3.96. The lowest BCUT2D eigenvalue weighted by Gasteiger charge is -2.34. The Kier molecular flexibility index (Phi) is 5.17. The van der Waals surface area contributed by atoms with Crippen molar-refractivity contribution in [1.29, 1.82) is 0 Å². The average molecular weight is 310 g/mol. The summed E-state index contributed by atoms with van der Waals surface area (Å²) >= 11 is 5.98. The van der Waals surface area contributed by atoms with Crippen LogP contribution in [-0.4, -0.2) is 41.3 Å². The van der Waals surface area contributed by atoms with Gasteiger partial charge in [-0.05, 0) is 37.8 Å². The van der Waals surface area contributed by atoms with E-state index in [1.54, 1.807) is 24.1 Å². The van der Waals surface area contributed by atoms with E-state index in [2.05, 4.69) is 10.3 Å². The molecule has 1 saturated heterocycles. The molecule has 1 aromatic heterocycles. The molecule has 1 fully saturated rings. The highest BCUT2D eigenvalue weighted by Crippen LogP contribution is 2.21. The Morgan fingerprint density at radius 1 is 1.43 bits per heavy atom. The molecular formula is C15H20ClN3O2. The Balaban J connectivity index is 2.28. The molecule has 1 aromatic rings. The van der Waals surface area contributed by atoms with Gasteiger partial charge >= 0.3 is 0 Å². The monoisotopic (exact) mass is 309 g/mol. The zero-order valence-electron chi connectivity index (χ0n) is 12.4. The number of pyridine rings is 1. The first-order valence-corrected chi connectivity index (χ1v) is 7.63. The van der Waals surface area contributed by atoms with Crippen molar-refractivity contribution in [2.75, 3.05) is 13.6 Å². The molecule has 0 radical (unpaired) electrons. The third-order valence-electron chi connectivity index (χ3n) is 3.77. The molecule has 1 atom stereocenters. The van der Waals surface area contributed by atoms with E-state index in [9.17, 15) is 9.59 Å². The topological polar surface area (TPSA) is 62.3 Å². The van der Waals surface area contributed by atoms with Crippen LogP contribution in [0.5, 0.6) is 0 Å². The molecule has 1 unspecified atom stereocenters. The average Bonchev–Trinajstić information content (AvgIpc) is 2.52. The van der Waals surface area contributed by atoms with Crippen LogP contribution in [0, 0.1) is 0 Å². The number of amides is 2. The van der Waals surface area contributed by atoms with E-state index in [0.717, 1.165) is 18.5 Å². The fourth-order valence-electron chi connectivity index (χ4n) is 2.64. The summed E-state index contributed by atoms with van der Waals surface area (Å²) in [5.74, 6) is -0.263. The van der Waals surface area contributed by atoms with Crippen LogP contribution in [0.3, 0.4) is 0 Å². The maximum atomic E-state index is 12.7. The molecule has 21 heavy (non-hydrogen) atoms. The van der Waals surface area contributed by atoms with Crippen molar-refractivity contribution in [3.63, 3.8) is 0 Å². The van der Waals surface area contributed by atoms with Crippen molar-refractivity contribution in [3.05, 3.63) is 28.5 Å². The molecular weight excluding hydrogens is 290 g/mol. The minimum atomic E-state index is -0.395. The molecule has 114 valence electrons. The van der Waals surface area contributed by atoms with Crippen LogP contribution in [-0.2, 0) is 11.2 Å². The Morgan fingerprint density at radius 2 is 2.19 bits per heavy atom. The van der Waals surface area contributed by atoms with Gasteiger partial charge in [0.25, 0.3) is 5.91 Å². The summed E-state index contributed by atoms with van der Waals surface area (Å²) in [5, 5.41) is 2.95. The predicted molar refractivity (Wildman–Crippen MR) is 81.4 cm³/mol. The van der Waals surface area contributed by atoms with E-state index in [4.69, 9.17) is 11.6 Å². The van der Waals surface area contributed by atoms with Crippen LogP contribution in [0.15, 0.2) is 12.1 Å². The third kappa shape index (κ3) is 3.53. The van der Waals surface area contributed by atoms with Crippen LogP contribution in [0.1, 0.15) is 42.2 Å². The van der Waals surface area contributed by atoms with Gasteiger partial charge in [0.1, 0.15) is 11.2 Å². The van der Waals surface area contributed by atoms with E-state index < -0.39 is 6.04 Å². The number of aromatic nitrogens is 1. The second kappa shape index (κ2) is 6.89. The second-order valence-corrected chi connectivity index (χ2v) is 5.54. The van der Waals surface area contributed by atoms with Crippen LogP contribution in [0.2, 0.25) is 5.15 Å². The molecule has 1 aliphatic heterocycles. The number of carbonyl (C=O) groups excluding carboxylic acids is 2. The van der Waals surface area contributed by atoms with Crippen LogP contribution < -0.4 is 5.32 Å². The summed E-state index contributed by atoms with van der Waals surface area (Å²) in [4.78, 5) is 30.5. The van der Waals surface area contributed by atoms with Gasteiger partial charge in [-0.3, -0.25) is 9.59 Å². The Morgan fingerprint density at radius 3 is 2.86 bits per heavy atom. The molecule has 6 heteroatoms. The summed E-state index contributed by atoms with van der Waals surface area (Å²) in [6, 6.07) is 2.93. The molecule has 0 aromatic carbocycles. The minimum Gasteiger partial charge on any atom is -0.357 e. The van der Waals surface area contributed by atoms with Crippen molar-refractivity contribution in [3.8, 4) is 0 Å². The van der Waals surface area contributed by atoms with E-state index in [1.165, 1.54) is 0 Å². The molecule has 0 saturated carbocycles. The first-order chi connectivity index (χ1) is 10.1. The van der Waals surface area contributed by atoms with Gasteiger partial charge in [-0.2, -0.15) is 0 Å². The minimum absolute atomic E-state index is 0.112. The molecule has 2 heterocycles. The highest BCUT2D eigenvalue weighted by Gasteiger charge is 2.32. The molecule has 0 bridgehead atoms. The lowest BCUT2D eigenvalue weighted by atomic mass is 10.00. The standard InChI is InChI=1S/C15H20ClN3O2/c1-3-11-8-10(9-13(16)18-11)15(21)19-7-5-4-6-12(19)14(20)17-2/h8-9,12H,3-7H2,1-2H3,(H,17,20). The molecule has 1 aliphatic rings. The molecule has 0 aliphatic carbocycles. The summed E-state index contributed by atoms with van der Waals surface area (Å²) in [7, 11) is 1.60. The maximum absolute atomic E-state index is 12.7. The molecule has 2 rings (SSSR count). The van der Waals surface area contributed by atoms with E-state index in [1.807, 2.05) is 6.92 Å². The number of aryl methyl sites for hydroxylation is 1. The van der Waals surface area contributed by atoms with Gasteiger partial charge in [-0.1, -0.05) is 18.5 Å². The van der Waals surface area contributed by atoms with Gasteiger partial charge < -0.3 is 10.2 Å². The summed E-state index contributed by atoms with van der Waals surface area (Å²) < 4.78 is 0. The first-order valence-electron chi connectivity index (χ1n) is 7.25. The van der Waals surface area contributed by atoms with Crippen LogP contribution in [0.4, 0.5) is 0 Å². The van der Waals surface area contributed by atoms with E-state index >= 15 is 0 Å². The lowest BCUT2D eigenvalue weighted by Crippen LogP contribution is -2.51. The Bertz CT molecular complexity index is 548. The van der Waals surface area contributed by atoms with E-state index in [0.29, 0.717) is 30.1 Å². The number of nitrogens with one attached hydrogen (secondary N) is 1. The number of piperidine rings is 1. The number of likely N-dealkylation sites (N-methyl/N-ethyl adjacent to an activating group) is 1. The van der Waals surface area contributed by atoms with Gasteiger partial charge in [0.2, 0.25) is 5.91 Å². The van der Waals surface area contributed by atoms with Crippen LogP contribution in [0.25, 0.3) is 0 Å². The highest BCUT2D eigenvalue weighted by atomic mass is 35.5. The van der Waals surface area contributed by atoms with Gasteiger partial charge in [0, 0.05) is 24.8 Å². The normalized spacial score (nSPS) is 18.4. The highest BCUT2D eigenvalue weighted by molar-refractivity contribution is 6.29. The molecule has 5 nitrogen and oxygen atoms in total. The number of carbonyl (C=O) groups is 2. The van der Waals surface area contributed by atoms with Gasteiger partial charge in [-0.25, -0.2) is 4.98 Å². The Hall–Kier alpha value is -1.62. The quantitative estimate of drug-likeness (QED) is 0.869. The molecule has 1 N–H and O–H groups in total. The molecule has 0 spiro atoms. The zero-order chi connectivity index (χ0) is 15.4. The van der Waals surface area contributed by atoms with Crippen molar-refractivity contribution >= 4 is 23.4 Å². The largest absolute Gasteiger partial charge is 0.357 e. The summed E-state index contributed by atoms with van der Waals surface area (Å²) in [6.45, 7) is 2.56. The zero-order valence-corrected chi connectivity index (χ0v) is 13.1. The van der Waals surface area contributed by atoms with Crippen molar-refractivity contribution in [2.45, 2.75) is 38.6 Å². The number of halogens is 1. The van der Waals surface area contributed by atoms with Gasteiger partial charge in [0.05, 0.1) is 0 Å². The predicted octanol–water partition coefficient (Wildman–Crippen LogP) is 2.04. The number of hydrogen-bond donors (Lipinski definition) is 1. The van der Waals surface area contributed by atoms with E-state index in [-0.39, 0.29) is 11.8 Å². The number of likely N-dealkylation sites (tertiary alicyclic amines) is 1. The van der Waals surface area contributed by atoms with Gasteiger partial charge in [0.15, 0.2) is 0 Å². The van der Waals surface area contributed by atoms with Gasteiger partial charge in [-0.15, -0.1) is 0 Å². The summed E-state index contributed by atoms with van der Waals surface area (Å²) in [5.41, 5.74) is 1.28. The first kappa shape index (κ1) is 15.8. The van der Waals surface area contributed by atoms with Crippen molar-refractivity contribution in [1.82, 2.24) is 15.2 Å². The fourth-order valence-corrected chi connectivity index (χ4v) is 2.86.